The zero-order valence-electron chi connectivity index (χ0n) is 14.4. The van der Waals surface area contributed by atoms with E-state index in [2.05, 4.69) is 31.6 Å². The number of halogens is 1. The lowest BCUT2D eigenvalue weighted by molar-refractivity contribution is -0.134. The van der Waals surface area contributed by atoms with Gasteiger partial charge in [0.25, 0.3) is 5.56 Å². The number of para-hydroxylation sites is 1. The van der Waals surface area contributed by atoms with Gasteiger partial charge in [-0.2, -0.15) is 0 Å². The maximum absolute atomic E-state index is 12.4. The standard InChI is InChI=1S/C18H16BrN5O3/c1-23(10-16(25)20-15-9-5-3-7-13(15)19)17(26)11-24-18(27)12-6-2-4-8-14(12)21-22-24/h2-9H,10-11H2,1H3,(H,20,25). The van der Waals surface area contributed by atoms with E-state index in [9.17, 15) is 14.4 Å². The Kier molecular flexibility index (Phi) is 5.60. The average Bonchev–Trinajstić information content (AvgIpc) is 2.66. The van der Waals surface area contributed by atoms with E-state index in [1.165, 1.54) is 11.9 Å². The first-order valence-electron chi connectivity index (χ1n) is 8.06. The van der Waals surface area contributed by atoms with Crippen molar-refractivity contribution in [3.8, 4) is 0 Å². The molecule has 0 aliphatic heterocycles. The second kappa shape index (κ2) is 8.09. The van der Waals surface area contributed by atoms with Gasteiger partial charge in [0.05, 0.1) is 17.6 Å². The molecule has 0 aliphatic carbocycles. The molecule has 1 aromatic heterocycles. The molecule has 2 aromatic carbocycles. The highest BCUT2D eigenvalue weighted by molar-refractivity contribution is 9.10. The first-order valence-corrected chi connectivity index (χ1v) is 8.86. The van der Waals surface area contributed by atoms with Crippen LogP contribution in [0, 0.1) is 0 Å². The number of aromatic nitrogens is 3. The number of anilines is 1. The van der Waals surface area contributed by atoms with E-state index < -0.39 is 11.5 Å². The Balaban J connectivity index is 1.66. The van der Waals surface area contributed by atoms with E-state index in [-0.39, 0.29) is 19.0 Å². The molecular weight excluding hydrogens is 414 g/mol. The van der Waals surface area contributed by atoms with E-state index >= 15 is 0 Å². The number of hydrogen-bond acceptors (Lipinski definition) is 5. The number of nitrogens with one attached hydrogen (secondary N) is 1. The number of likely N-dealkylation sites (N-methyl/N-ethyl adjacent to an activating group) is 1. The second-order valence-corrected chi connectivity index (χ2v) is 6.70. The summed E-state index contributed by atoms with van der Waals surface area (Å²) in [6.45, 7) is -0.453. The topological polar surface area (TPSA) is 97.2 Å². The molecule has 0 unspecified atom stereocenters. The molecule has 1 heterocycles. The number of hydrogen-bond donors (Lipinski definition) is 1. The Bertz CT molecular complexity index is 1070. The lowest BCUT2D eigenvalue weighted by Crippen LogP contribution is -2.39. The van der Waals surface area contributed by atoms with Gasteiger partial charge in [-0.3, -0.25) is 14.4 Å². The van der Waals surface area contributed by atoms with Gasteiger partial charge in [0.1, 0.15) is 12.1 Å². The first-order chi connectivity index (χ1) is 13.0. The predicted octanol–water partition coefficient (Wildman–Crippen LogP) is 1.65. The van der Waals surface area contributed by atoms with Gasteiger partial charge in [0.15, 0.2) is 0 Å². The molecule has 8 nitrogen and oxygen atoms in total. The first kappa shape index (κ1) is 18.7. The van der Waals surface area contributed by atoms with Crippen molar-refractivity contribution in [3.05, 3.63) is 63.4 Å². The minimum absolute atomic E-state index is 0.157. The third-order valence-corrected chi connectivity index (χ3v) is 4.56. The molecule has 0 saturated heterocycles. The van der Waals surface area contributed by atoms with E-state index in [4.69, 9.17) is 0 Å². The Morgan fingerprint density at radius 1 is 1.15 bits per heavy atom. The zero-order valence-corrected chi connectivity index (χ0v) is 16.0. The molecule has 2 amide bonds. The molecule has 0 aliphatic rings. The molecular formula is C18H16BrN5O3. The number of carbonyl (C=O) groups is 2. The highest BCUT2D eigenvalue weighted by atomic mass is 79.9. The quantitative estimate of drug-likeness (QED) is 0.664. The Labute approximate surface area is 162 Å². The van der Waals surface area contributed by atoms with Crippen molar-refractivity contribution >= 4 is 44.3 Å². The van der Waals surface area contributed by atoms with Gasteiger partial charge in [-0.25, -0.2) is 4.68 Å². The summed E-state index contributed by atoms with van der Waals surface area (Å²) in [6, 6.07) is 13.9. The Morgan fingerprint density at radius 2 is 1.85 bits per heavy atom. The van der Waals surface area contributed by atoms with Crippen molar-refractivity contribution in [2.24, 2.45) is 0 Å². The lowest BCUT2D eigenvalue weighted by Gasteiger charge is -2.17. The molecule has 138 valence electrons. The fourth-order valence-corrected chi connectivity index (χ4v) is 2.82. The summed E-state index contributed by atoms with van der Waals surface area (Å²) in [4.78, 5) is 38.1. The van der Waals surface area contributed by atoms with E-state index in [0.717, 1.165) is 9.15 Å². The average molecular weight is 430 g/mol. The molecule has 3 aromatic rings. The van der Waals surface area contributed by atoms with Gasteiger partial charge < -0.3 is 10.2 Å². The number of fused-ring (bicyclic) bond motifs is 1. The summed E-state index contributed by atoms with van der Waals surface area (Å²) in [6.07, 6.45) is 0. The largest absolute Gasteiger partial charge is 0.335 e. The van der Waals surface area contributed by atoms with Crippen LogP contribution < -0.4 is 10.9 Å². The Hall–Kier alpha value is -3.07. The third-order valence-electron chi connectivity index (χ3n) is 3.87. The van der Waals surface area contributed by atoms with Crippen LogP contribution in [-0.2, 0) is 16.1 Å². The van der Waals surface area contributed by atoms with Crippen LogP contribution in [0.25, 0.3) is 10.9 Å². The van der Waals surface area contributed by atoms with Crippen molar-refractivity contribution in [1.82, 2.24) is 19.9 Å². The molecule has 27 heavy (non-hydrogen) atoms. The smallest absolute Gasteiger partial charge is 0.278 e. The van der Waals surface area contributed by atoms with Crippen molar-refractivity contribution in [2.45, 2.75) is 6.54 Å². The van der Waals surface area contributed by atoms with Gasteiger partial charge in [-0.15, -0.1) is 5.10 Å². The normalized spacial score (nSPS) is 10.6. The van der Waals surface area contributed by atoms with E-state index in [0.29, 0.717) is 16.6 Å². The van der Waals surface area contributed by atoms with Gasteiger partial charge in [-0.1, -0.05) is 29.5 Å². The van der Waals surface area contributed by atoms with Gasteiger partial charge >= 0.3 is 0 Å². The van der Waals surface area contributed by atoms with Crippen LogP contribution in [-0.4, -0.2) is 45.3 Å². The lowest BCUT2D eigenvalue weighted by atomic mass is 10.2. The van der Waals surface area contributed by atoms with Crippen LogP contribution in [0.4, 0.5) is 5.69 Å². The van der Waals surface area contributed by atoms with Crippen molar-refractivity contribution in [2.75, 3.05) is 18.9 Å². The maximum atomic E-state index is 12.4. The number of amides is 2. The summed E-state index contributed by atoms with van der Waals surface area (Å²) >= 11 is 3.34. The summed E-state index contributed by atoms with van der Waals surface area (Å²) in [5.41, 5.74) is 0.673. The molecule has 0 spiro atoms. The van der Waals surface area contributed by atoms with Crippen molar-refractivity contribution in [3.63, 3.8) is 0 Å². The fourth-order valence-electron chi connectivity index (χ4n) is 2.43. The van der Waals surface area contributed by atoms with Gasteiger partial charge in [0.2, 0.25) is 11.8 Å². The SMILES string of the molecule is CN(CC(=O)Nc1ccccc1Br)C(=O)Cn1nnc2ccccc2c1=O. The molecule has 9 heteroatoms. The zero-order chi connectivity index (χ0) is 19.4. The molecule has 0 fully saturated rings. The highest BCUT2D eigenvalue weighted by Gasteiger charge is 2.16. The van der Waals surface area contributed by atoms with Crippen LogP contribution in [0.2, 0.25) is 0 Å². The minimum Gasteiger partial charge on any atom is -0.335 e. The minimum atomic E-state index is -0.427. The highest BCUT2D eigenvalue weighted by Crippen LogP contribution is 2.20. The van der Waals surface area contributed by atoms with Gasteiger partial charge in [-0.05, 0) is 40.2 Å². The van der Waals surface area contributed by atoms with E-state index in [1.54, 1.807) is 42.5 Å². The van der Waals surface area contributed by atoms with Crippen LogP contribution in [0.15, 0.2) is 57.8 Å². The van der Waals surface area contributed by atoms with Crippen LogP contribution in [0.3, 0.4) is 0 Å². The number of nitrogens with zero attached hydrogens (tertiary/aromatic N) is 4. The maximum Gasteiger partial charge on any atom is 0.278 e. The monoisotopic (exact) mass is 429 g/mol. The summed E-state index contributed by atoms with van der Waals surface area (Å²) in [5, 5.41) is 10.8. The molecule has 0 saturated carbocycles. The summed E-state index contributed by atoms with van der Waals surface area (Å²) in [7, 11) is 1.49. The van der Waals surface area contributed by atoms with Crippen molar-refractivity contribution < 1.29 is 9.59 Å². The van der Waals surface area contributed by atoms with Crippen molar-refractivity contribution in [1.29, 1.82) is 0 Å². The van der Waals surface area contributed by atoms with Crippen LogP contribution >= 0.6 is 15.9 Å². The summed E-state index contributed by atoms with van der Waals surface area (Å²) in [5.74, 6) is -0.779. The molecule has 1 N–H and O–H groups in total. The molecule has 0 bridgehead atoms. The Morgan fingerprint density at radius 3 is 2.63 bits per heavy atom. The van der Waals surface area contributed by atoms with E-state index in [1.807, 2.05) is 6.07 Å². The van der Waals surface area contributed by atoms with Crippen LogP contribution in [0.5, 0.6) is 0 Å². The fraction of sp³-hybridized carbons (Fsp3) is 0.167. The molecule has 0 atom stereocenters. The molecule has 0 radical (unpaired) electrons. The number of carbonyl (C=O) groups excluding carboxylic acids is 2. The predicted molar refractivity (Wildman–Crippen MR) is 104 cm³/mol. The second-order valence-electron chi connectivity index (χ2n) is 5.85. The van der Waals surface area contributed by atoms with Gasteiger partial charge in [0, 0.05) is 11.5 Å². The van der Waals surface area contributed by atoms with Crippen LogP contribution in [0.1, 0.15) is 0 Å². The number of benzene rings is 2. The number of rotatable bonds is 5. The summed E-state index contributed by atoms with van der Waals surface area (Å²) < 4.78 is 1.73. The molecule has 3 rings (SSSR count). The third kappa shape index (κ3) is 4.37.